The number of hydrogen-bond acceptors (Lipinski definition) is 2. The van der Waals surface area contributed by atoms with Crippen LogP contribution in [0.5, 0.6) is 0 Å². The lowest BCUT2D eigenvalue weighted by Gasteiger charge is -2.43. The van der Waals surface area contributed by atoms with Crippen molar-refractivity contribution in [1.29, 1.82) is 0 Å². The van der Waals surface area contributed by atoms with Crippen molar-refractivity contribution < 1.29 is 5.11 Å². The Morgan fingerprint density at radius 1 is 1.00 bits per heavy atom. The normalized spacial score (nSPS) is 15.0. The third kappa shape index (κ3) is 3.46. The fraction of sp³-hybridized carbons (Fsp3) is 1.00. The van der Waals surface area contributed by atoms with Gasteiger partial charge in [-0.3, -0.25) is 4.90 Å². The minimum Gasteiger partial charge on any atom is -0.391 e. The summed E-state index contributed by atoms with van der Waals surface area (Å²) >= 11 is 0. The zero-order chi connectivity index (χ0) is 12.1. The quantitative estimate of drug-likeness (QED) is 0.706. The second-order valence-corrected chi connectivity index (χ2v) is 4.85. The summed E-state index contributed by atoms with van der Waals surface area (Å²) in [6, 6.07) is 0. The van der Waals surface area contributed by atoms with E-state index < -0.39 is 0 Å². The minimum absolute atomic E-state index is 0.111. The molecule has 0 aliphatic rings. The lowest BCUT2D eigenvalue weighted by molar-refractivity contribution is -0.0403. The SMILES string of the molecule is CCC(CC)C(O)C(C)(C)N(CC)CC. The van der Waals surface area contributed by atoms with Crippen molar-refractivity contribution in [1.82, 2.24) is 4.90 Å². The molecule has 15 heavy (non-hydrogen) atoms. The second-order valence-electron chi connectivity index (χ2n) is 4.85. The predicted molar refractivity (Wildman–Crippen MR) is 67.1 cm³/mol. The van der Waals surface area contributed by atoms with Gasteiger partial charge in [0.1, 0.15) is 0 Å². The molecule has 0 aliphatic carbocycles. The summed E-state index contributed by atoms with van der Waals surface area (Å²) in [6.45, 7) is 15.0. The monoisotopic (exact) mass is 215 g/mol. The van der Waals surface area contributed by atoms with Gasteiger partial charge in [0.15, 0.2) is 0 Å². The Hall–Kier alpha value is -0.0800. The molecule has 0 heterocycles. The highest BCUT2D eigenvalue weighted by atomic mass is 16.3. The highest BCUT2D eigenvalue weighted by Crippen LogP contribution is 2.27. The smallest absolute Gasteiger partial charge is 0.0746 e. The standard InChI is InChI=1S/C13H29NO/c1-7-11(8-2)12(15)13(5,6)14(9-3)10-4/h11-12,15H,7-10H2,1-6H3. The average molecular weight is 215 g/mol. The summed E-state index contributed by atoms with van der Waals surface area (Å²) in [5.74, 6) is 0.417. The third-order valence-electron chi connectivity index (χ3n) is 3.80. The Labute approximate surface area is 95.7 Å². The van der Waals surface area contributed by atoms with E-state index in [1.165, 1.54) is 0 Å². The molecule has 1 unspecified atom stereocenters. The molecule has 0 amide bonds. The van der Waals surface area contributed by atoms with Gasteiger partial charge in [-0.1, -0.05) is 40.5 Å². The van der Waals surface area contributed by atoms with E-state index in [1.807, 2.05) is 0 Å². The van der Waals surface area contributed by atoms with Crippen molar-refractivity contribution in [2.75, 3.05) is 13.1 Å². The molecule has 2 heteroatoms. The first kappa shape index (κ1) is 14.9. The van der Waals surface area contributed by atoms with Gasteiger partial charge in [-0.05, 0) is 32.9 Å². The molecule has 0 spiro atoms. The highest BCUT2D eigenvalue weighted by molar-refractivity contribution is 4.91. The Kier molecular flexibility index (Phi) is 6.46. The van der Waals surface area contributed by atoms with Gasteiger partial charge in [0.25, 0.3) is 0 Å². The second kappa shape index (κ2) is 6.49. The van der Waals surface area contributed by atoms with Crippen LogP contribution in [-0.4, -0.2) is 34.7 Å². The highest BCUT2D eigenvalue weighted by Gasteiger charge is 2.36. The van der Waals surface area contributed by atoms with Crippen LogP contribution in [0.25, 0.3) is 0 Å². The van der Waals surface area contributed by atoms with Gasteiger partial charge in [0.05, 0.1) is 6.10 Å². The van der Waals surface area contributed by atoms with Crippen molar-refractivity contribution in [2.24, 2.45) is 5.92 Å². The maximum Gasteiger partial charge on any atom is 0.0746 e. The Morgan fingerprint density at radius 2 is 1.40 bits per heavy atom. The minimum atomic E-state index is -0.229. The fourth-order valence-corrected chi connectivity index (χ4v) is 2.54. The lowest BCUT2D eigenvalue weighted by Crippen LogP contribution is -2.54. The van der Waals surface area contributed by atoms with E-state index in [0.29, 0.717) is 5.92 Å². The van der Waals surface area contributed by atoms with E-state index >= 15 is 0 Å². The van der Waals surface area contributed by atoms with Crippen molar-refractivity contribution in [3.05, 3.63) is 0 Å². The lowest BCUT2D eigenvalue weighted by atomic mass is 9.82. The van der Waals surface area contributed by atoms with Crippen LogP contribution in [0.3, 0.4) is 0 Å². The van der Waals surface area contributed by atoms with Crippen LogP contribution in [0.15, 0.2) is 0 Å². The first-order valence-corrected chi connectivity index (χ1v) is 6.38. The van der Waals surface area contributed by atoms with E-state index in [1.54, 1.807) is 0 Å². The van der Waals surface area contributed by atoms with Crippen molar-refractivity contribution >= 4 is 0 Å². The molecule has 2 nitrogen and oxygen atoms in total. The van der Waals surface area contributed by atoms with Gasteiger partial charge in [-0.25, -0.2) is 0 Å². The van der Waals surface area contributed by atoms with Crippen LogP contribution in [0.4, 0.5) is 0 Å². The molecule has 1 atom stereocenters. The van der Waals surface area contributed by atoms with Crippen LogP contribution in [-0.2, 0) is 0 Å². The molecule has 92 valence electrons. The van der Waals surface area contributed by atoms with E-state index in [-0.39, 0.29) is 11.6 Å². The molecule has 0 aromatic carbocycles. The van der Waals surface area contributed by atoms with Gasteiger partial charge >= 0.3 is 0 Å². The van der Waals surface area contributed by atoms with Crippen molar-refractivity contribution in [3.63, 3.8) is 0 Å². The number of aliphatic hydroxyl groups is 1. The van der Waals surface area contributed by atoms with Crippen LogP contribution in [0, 0.1) is 5.92 Å². The number of aliphatic hydroxyl groups excluding tert-OH is 1. The molecule has 0 bridgehead atoms. The molecule has 0 aromatic rings. The average Bonchev–Trinajstić information content (AvgIpc) is 2.20. The van der Waals surface area contributed by atoms with Crippen LogP contribution in [0.1, 0.15) is 54.4 Å². The Morgan fingerprint density at radius 3 is 1.67 bits per heavy atom. The van der Waals surface area contributed by atoms with Crippen LogP contribution in [0.2, 0.25) is 0 Å². The van der Waals surface area contributed by atoms with E-state index in [9.17, 15) is 5.11 Å². The molecule has 1 N–H and O–H groups in total. The summed E-state index contributed by atoms with van der Waals surface area (Å²) in [4.78, 5) is 2.34. The first-order valence-electron chi connectivity index (χ1n) is 6.38. The summed E-state index contributed by atoms with van der Waals surface area (Å²) in [5.41, 5.74) is -0.111. The number of nitrogens with zero attached hydrogens (tertiary/aromatic N) is 1. The van der Waals surface area contributed by atoms with E-state index in [2.05, 4.69) is 46.4 Å². The van der Waals surface area contributed by atoms with Gasteiger partial charge < -0.3 is 5.11 Å². The summed E-state index contributed by atoms with van der Waals surface area (Å²) in [7, 11) is 0. The number of likely N-dealkylation sites (N-methyl/N-ethyl adjacent to an activating group) is 1. The van der Waals surface area contributed by atoms with Gasteiger partial charge in [-0.2, -0.15) is 0 Å². The summed E-state index contributed by atoms with van der Waals surface area (Å²) in [6.07, 6.45) is 1.89. The van der Waals surface area contributed by atoms with Gasteiger partial charge in [0.2, 0.25) is 0 Å². The maximum absolute atomic E-state index is 10.4. The molecule has 0 rings (SSSR count). The zero-order valence-corrected chi connectivity index (χ0v) is 11.4. The van der Waals surface area contributed by atoms with Gasteiger partial charge in [-0.15, -0.1) is 0 Å². The Bertz CT molecular complexity index is 160. The van der Waals surface area contributed by atoms with E-state index in [4.69, 9.17) is 0 Å². The first-order chi connectivity index (χ1) is 6.95. The topological polar surface area (TPSA) is 23.5 Å². The maximum atomic E-state index is 10.4. The number of rotatable bonds is 7. The molecule has 0 radical (unpaired) electrons. The summed E-state index contributed by atoms with van der Waals surface area (Å²) < 4.78 is 0. The molecular formula is C13H29NO. The van der Waals surface area contributed by atoms with Crippen LogP contribution < -0.4 is 0 Å². The van der Waals surface area contributed by atoms with Gasteiger partial charge in [0, 0.05) is 5.54 Å². The van der Waals surface area contributed by atoms with Crippen molar-refractivity contribution in [3.8, 4) is 0 Å². The molecular weight excluding hydrogens is 186 g/mol. The molecule has 0 saturated heterocycles. The Balaban J connectivity index is 4.67. The zero-order valence-electron chi connectivity index (χ0n) is 11.4. The molecule has 0 fully saturated rings. The largest absolute Gasteiger partial charge is 0.391 e. The predicted octanol–water partition coefficient (Wildman–Crippen LogP) is 2.90. The van der Waals surface area contributed by atoms with Crippen LogP contribution >= 0.6 is 0 Å². The number of hydrogen-bond donors (Lipinski definition) is 1. The molecule has 0 saturated carbocycles. The summed E-state index contributed by atoms with van der Waals surface area (Å²) in [5, 5.41) is 10.4. The molecule has 0 aliphatic heterocycles. The fourth-order valence-electron chi connectivity index (χ4n) is 2.54. The molecule has 0 aromatic heterocycles. The van der Waals surface area contributed by atoms with Crippen molar-refractivity contribution in [2.45, 2.75) is 66.0 Å². The third-order valence-corrected chi connectivity index (χ3v) is 3.80. The van der Waals surface area contributed by atoms with E-state index in [0.717, 1.165) is 25.9 Å².